The fourth-order valence-electron chi connectivity index (χ4n) is 4.25. The van der Waals surface area contributed by atoms with Gasteiger partial charge in [0.2, 0.25) is 10.0 Å². The molecule has 0 atom stereocenters. The van der Waals surface area contributed by atoms with Crippen molar-refractivity contribution < 1.29 is 31.1 Å². The predicted molar refractivity (Wildman–Crippen MR) is 124 cm³/mol. The Labute approximate surface area is 202 Å². The van der Waals surface area contributed by atoms with Crippen LogP contribution in [0.25, 0.3) is 0 Å². The smallest absolute Gasteiger partial charge is 0.376 e. The molecule has 0 unspecified atom stereocenters. The Morgan fingerprint density at radius 2 is 1.69 bits per heavy atom. The van der Waals surface area contributed by atoms with Gasteiger partial charge >= 0.3 is 6.18 Å². The average molecular weight is 512 g/mol. The molecule has 2 fully saturated rings. The summed E-state index contributed by atoms with van der Waals surface area (Å²) in [7, 11) is -3.99. The first kappa shape index (κ1) is 25.5. The Bertz CT molecular complexity index is 1160. The summed E-state index contributed by atoms with van der Waals surface area (Å²) in [4.78, 5) is 16.7. The molecule has 2 N–H and O–H groups in total. The Morgan fingerprint density at radius 1 is 1.03 bits per heavy atom. The van der Waals surface area contributed by atoms with Gasteiger partial charge in [-0.3, -0.25) is 4.79 Å². The largest absolute Gasteiger partial charge is 0.416 e. The molecule has 1 heterocycles. The van der Waals surface area contributed by atoms with Gasteiger partial charge in [-0.25, -0.2) is 13.6 Å². The lowest BCUT2D eigenvalue weighted by atomic mass is 9.86. The average Bonchev–Trinajstić information content (AvgIpc) is 2.79. The molecule has 0 aromatic heterocycles. The molecule has 1 amide bonds. The number of benzene rings is 2. The molecule has 190 valence electrons. The maximum Gasteiger partial charge on any atom is 0.416 e. The van der Waals surface area contributed by atoms with Crippen LogP contribution in [0.2, 0.25) is 0 Å². The highest BCUT2D eigenvalue weighted by molar-refractivity contribution is 7.89. The van der Waals surface area contributed by atoms with Gasteiger partial charge in [-0.2, -0.15) is 13.2 Å². The van der Waals surface area contributed by atoms with Crippen LogP contribution in [-0.4, -0.2) is 52.0 Å². The molecule has 2 aliphatic rings. The molecule has 11 heteroatoms. The number of carbonyl (C=O) groups excluding carboxylic acids is 1. The van der Waals surface area contributed by atoms with Crippen molar-refractivity contribution in [3.8, 4) is 0 Å². The Morgan fingerprint density at radius 3 is 2.23 bits per heavy atom. The number of sulfonamides is 1. The molecule has 0 spiro atoms. The summed E-state index contributed by atoms with van der Waals surface area (Å²) in [6, 6.07) is 9.16. The molecule has 1 aliphatic heterocycles. The third-order valence-corrected chi connectivity index (χ3v) is 7.51. The zero-order chi connectivity index (χ0) is 25.2. The van der Waals surface area contributed by atoms with E-state index in [-0.39, 0.29) is 23.0 Å². The Kier molecular flexibility index (Phi) is 7.39. The number of anilines is 1. The molecule has 0 bridgehead atoms. The van der Waals surface area contributed by atoms with E-state index in [2.05, 4.69) is 0 Å². The second kappa shape index (κ2) is 10.2. The van der Waals surface area contributed by atoms with Crippen molar-refractivity contribution >= 4 is 21.6 Å². The fraction of sp³-hybridized carbons (Fsp3) is 0.458. The maximum absolute atomic E-state index is 13.4. The Hall–Kier alpha value is -2.63. The minimum absolute atomic E-state index is 0.146. The highest BCUT2D eigenvalue weighted by Gasteiger charge is 2.31. The first-order chi connectivity index (χ1) is 16.5. The standard InChI is InChI=1S/C24H28F3N3O4S/c25-24(26,27)19-5-7-20(8-6-19)29-10-12-30(13-11-29)23(31)22-14-21(35(28,32)33)9-4-18(22)16-34-15-17-2-1-3-17/h4-9,14,17H,1-3,10-13,15-16H2,(H2,28,32,33). The van der Waals surface area contributed by atoms with Crippen molar-refractivity contribution in [3.63, 3.8) is 0 Å². The van der Waals surface area contributed by atoms with E-state index in [0.717, 1.165) is 25.0 Å². The summed E-state index contributed by atoms with van der Waals surface area (Å²) in [5.41, 5.74) is 0.753. The fourth-order valence-corrected chi connectivity index (χ4v) is 4.79. The van der Waals surface area contributed by atoms with E-state index in [1.165, 1.54) is 30.7 Å². The van der Waals surface area contributed by atoms with Crippen molar-refractivity contribution in [2.24, 2.45) is 11.1 Å². The third-order valence-electron chi connectivity index (χ3n) is 6.60. The number of nitrogens with two attached hydrogens (primary N) is 1. The van der Waals surface area contributed by atoms with E-state index in [1.807, 2.05) is 4.90 Å². The number of piperazine rings is 1. The van der Waals surface area contributed by atoms with Gasteiger partial charge < -0.3 is 14.5 Å². The summed E-state index contributed by atoms with van der Waals surface area (Å²) in [5, 5.41) is 5.28. The summed E-state index contributed by atoms with van der Waals surface area (Å²) < 4.78 is 68.0. The quantitative estimate of drug-likeness (QED) is 0.613. The van der Waals surface area contributed by atoms with Crippen molar-refractivity contribution in [1.29, 1.82) is 0 Å². The van der Waals surface area contributed by atoms with Crippen molar-refractivity contribution in [2.45, 2.75) is 36.9 Å². The normalized spacial score (nSPS) is 17.4. The van der Waals surface area contributed by atoms with Crippen LogP contribution in [0.3, 0.4) is 0 Å². The minimum atomic E-state index is -4.39. The second-order valence-electron chi connectivity index (χ2n) is 9.00. The van der Waals surface area contributed by atoms with E-state index >= 15 is 0 Å². The van der Waals surface area contributed by atoms with Crippen LogP contribution in [0.1, 0.15) is 40.7 Å². The monoisotopic (exact) mass is 511 g/mol. The van der Waals surface area contributed by atoms with Crippen molar-refractivity contribution in [2.75, 3.05) is 37.7 Å². The molecule has 2 aromatic carbocycles. The topological polar surface area (TPSA) is 92.9 Å². The van der Waals surface area contributed by atoms with Gasteiger partial charge in [0, 0.05) is 44.0 Å². The number of alkyl halides is 3. The number of rotatable bonds is 7. The van der Waals surface area contributed by atoms with Crippen LogP contribution in [0.15, 0.2) is 47.4 Å². The lowest BCUT2D eigenvalue weighted by molar-refractivity contribution is -0.137. The number of primary sulfonamides is 1. The molecule has 35 heavy (non-hydrogen) atoms. The molecular weight excluding hydrogens is 483 g/mol. The number of amides is 1. The summed E-state index contributed by atoms with van der Waals surface area (Å²) >= 11 is 0. The zero-order valence-electron chi connectivity index (χ0n) is 19.1. The van der Waals surface area contributed by atoms with Crippen LogP contribution in [0.5, 0.6) is 0 Å². The van der Waals surface area contributed by atoms with Gasteiger partial charge in [-0.15, -0.1) is 0 Å². The first-order valence-corrected chi connectivity index (χ1v) is 13.0. The highest BCUT2D eigenvalue weighted by Crippen LogP contribution is 2.31. The van der Waals surface area contributed by atoms with Gasteiger partial charge in [-0.1, -0.05) is 12.5 Å². The third kappa shape index (κ3) is 6.14. The predicted octanol–water partition coefficient (Wildman–Crippen LogP) is 3.63. The van der Waals surface area contributed by atoms with E-state index in [9.17, 15) is 26.4 Å². The van der Waals surface area contributed by atoms with E-state index in [4.69, 9.17) is 9.88 Å². The molecular formula is C24H28F3N3O4S. The molecule has 1 saturated carbocycles. The number of carbonyl (C=O) groups is 1. The van der Waals surface area contributed by atoms with Gasteiger partial charge in [0.1, 0.15) is 0 Å². The van der Waals surface area contributed by atoms with Crippen LogP contribution in [0.4, 0.5) is 18.9 Å². The molecule has 4 rings (SSSR count). The van der Waals surface area contributed by atoms with E-state index in [1.54, 1.807) is 11.0 Å². The number of ether oxygens (including phenoxy) is 1. The molecule has 0 radical (unpaired) electrons. The lowest BCUT2D eigenvalue weighted by Crippen LogP contribution is -2.49. The van der Waals surface area contributed by atoms with E-state index < -0.39 is 21.8 Å². The number of hydrogen-bond donors (Lipinski definition) is 1. The van der Waals surface area contributed by atoms with Crippen molar-refractivity contribution in [1.82, 2.24) is 4.90 Å². The second-order valence-corrected chi connectivity index (χ2v) is 10.6. The minimum Gasteiger partial charge on any atom is -0.376 e. The summed E-state index contributed by atoms with van der Waals surface area (Å²) in [6.45, 7) is 2.31. The van der Waals surface area contributed by atoms with Gasteiger partial charge in [-0.05, 0) is 60.7 Å². The zero-order valence-corrected chi connectivity index (χ0v) is 19.9. The maximum atomic E-state index is 13.4. The van der Waals surface area contributed by atoms with Gasteiger partial charge in [0.05, 0.1) is 17.1 Å². The van der Waals surface area contributed by atoms with E-state index in [0.29, 0.717) is 50.0 Å². The number of halogens is 3. The molecule has 1 aliphatic carbocycles. The number of nitrogens with zero attached hydrogens (tertiary/aromatic N) is 2. The van der Waals surface area contributed by atoms with Gasteiger partial charge in [0.25, 0.3) is 5.91 Å². The first-order valence-electron chi connectivity index (χ1n) is 11.5. The van der Waals surface area contributed by atoms with Crippen LogP contribution >= 0.6 is 0 Å². The van der Waals surface area contributed by atoms with Crippen molar-refractivity contribution in [3.05, 3.63) is 59.2 Å². The Balaban J connectivity index is 1.45. The number of hydrogen-bond acceptors (Lipinski definition) is 5. The molecule has 2 aromatic rings. The SMILES string of the molecule is NS(=O)(=O)c1ccc(COCC2CCC2)c(C(=O)N2CCN(c3ccc(C(F)(F)F)cc3)CC2)c1. The lowest BCUT2D eigenvalue weighted by Gasteiger charge is -2.36. The highest BCUT2D eigenvalue weighted by atomic mass is 32.2. The molecule has 1 saturated heterocycles. The summed E-state index contributed by atoms with van der Waals surface area (Å²) in [6.07, 6.45) is -0.952. The van der Waals surface area contributed by atoms with Crippen LogP contribution < -0.4 is 10.0 Å². The van der Waals surface area contributed by atoms with Crippen LogP contribution in [-0.2, 0) is 27.5 Å². The van der Waals surface area contributed by atoms with Crippen LogP contribution in [0, 0.1) is 5.92 Å². The summed E-state index contributed by atoms with van der Waals surface area (Å²) in [5.74, 6) is 0.195. The van der Waals surface area contributed by atoms with Gasteiger partial charge in [0.15, 0.2) is 0 Å². The molecule has 7 nitrogen and oxygen atoms in total.